The third-order valence-electron chi connectivity index (χ3n) is 5.28. The van der Waals surface area contributed by atoms with Gasteiger partial charge in [-0.05, 0) is 33.9 Å². The number of ketones is 1. The molecule has 2 nitrogen and oxygen atoms in total. The van der Waals surface area contributed by atoms with E-state index in [1.54, 1.807) is 0 Å². The molecule has 2 heteroatoms. The summed E-state index contributed by atoms with van der Waals surface area (Å²) in [7, 11) is 4.03. The van der Waals surface area contributed by atoms with Crippen molar-refractivity contribution in [2.24, 2.45) is 0 Å². The summed E-state index contributed by atoms with van der Waals surface area (Å²) in [5.41, 5.74) is -0.265. The van der Waals surface area contributed by atoms with E-state index < -0.39 is 0 Å². The monoisotopic (exact) mass is 311 g/mol. The number of nitrogens with zero attached hydrogens (tertiary/aromatic N) is 1. The lowest BCUT2D eigenvalue weighted by molar-refractivity contribution is -0.129. The Bertz CT molecular complexity index is 275. The van der Waals surface area contributed by atoms with E-state index in [9.17, 15) is 4.79 Å². The van der Waals surface area contributed by atoms with Gasteiger partial charge in [0.15, 0.2) is 5.78 Å². The molecule has 0 bridgehead atoms. The highest BCUT2D eigenvalue weighted by molar-refractivity contribution is 5.87. The number of carbonyl (C=O) groups excluding carboxylic acids is 1. The Hall–Kier alpha value is -0.370. The summed E-state index contributed by atoms with van der Waals surface area (Å²) in [6.45, 7) is 6.46. The quantitative estimate of drug-likeness (QED) is 0.346. The van der Waals surface area contributed by atoms with Crippen LogP contribution in [-0.2, 0) is 4.79 Å². The average molecular weight is 312 g/mol. The van der Waals surface area contributed by atoms with Crippen molar-refractivity contribution < 1.29 is 4.79 Å². The van der Waals surface area contributed by atoms with Gasteiger partial charge in [0.1, 0.15) is 0 Å². The van der Waals surface area contributed by atoms with E-state index in [1.165, 1.54) is 64.2 Å². The molecule has 0 aliphatic heterocycles. The van der Waals surface area contributed by atoms with Crippen molar-refractivity contribution >= 4 is 5.78 Å². The average Bonchev–Trinajstić information content (AvgIpc) is 2.51. The van der Waals surface area contributed by atoms with Gasteiger partial charge in [-0.3, -0.25) is 9.69 Å². The molecule has 0 radical (unpaired) electrons. The van der Waals surface area contributed by atoms with Gasteiger partial charge in [0.25, 0.3) is 0 Å². The van der Waals surface area contributed by atoms with Crippen molar-refractivity contribution in [2.45, 2.75) is 110 Å². The van der Waals surface area contributed by atoms with E-state index in [2.05, 4.69) is 25.7 Å². The lowest BCUT2D eigenvalue weighted by Crippen LogP contribution is -2.47. The molecule has 0 amide bonds. The number of hydrogen-bond donors (Lipinski definition) is 0. The van der Waals surface area contributed by atoms with Crippen LogP contribution in [0.1, 0.15) is 104 Å². The molecule has 0 rings (SSSR count). The van der Waals surface area contributed by atoms with Crippen LogP contribution in [-0.4, -0.2) is 30.3 Å². The first-order valence-corrected chi connectivity index (χ1v) is 9.69. The van der Waals surface area contributed by atoms with Crippen molar-refractivity contribution in [3.63, 3.8) is 0 Å². The molecular weight excluding hydrogens is 270 g/mol. The summed E-state index contributed by atoms with van der Waals surface area (Å²) in [4.78, 5) is 14.4. The standard InChI is InChI=1S/C20H41NO/c1-6-8-9-10-11-12-13-14-15-16-17-18-19(22)20(3,7-2)21(4)5/h6-18H2,1-5H3. The Balaban J connectivity index is 3.52. The molecule has 0 saturated carbocycles. The molecule has 0 heterocycles. The maximum Gasteiger partial charge on any atom is 0.152 e. The number of rotatable bonds is 15. The van der Waals surface area contributed by atoms with Gasteiger partial charge in [-0.15, -0.1) is 0 Å². The Morgan fingerprint density at radius 3 is 1.55 bits per heavy atom. The van der Waals surface area contributed by atoms with Crippen LogP contribution in [0.4, 0.5) is 0 Å². The van der Waals surface area contributed by atoms with Crippen molar-refractivity contribution in [1.29, 1.82) is 0 Å². The van der Waals surface area contributed by atoms with Gasteiger partial charge in [-0.1, -0.05) is 78.1 Å². The van der Waals surface area contributed by atoms with Gasteiger partial charge in [0.05, 0.1) is 5.54 Å². The highest BCUT2D eigenvalue weighted by atomic mass is 16.1. The number of Topliss-reactive ketones (excluding diaryl/α,β-unsaturated/α-hetero) is 1. The van der Waals surface area contributed by atoms with E-state index in [1.807, 2.05) is 14.1 Å². The minimum absolute atomic E-state index is 0.265. The summed E-state index contributed by atoms with van der Waals surface area (Å²) in [5, 5.41) is 0. The number of unbranched alkanes of at least 4 members (excludes halogenated alkanes) is 10. The van der Waals surface area contributed by atoms with Crippen LogP contribution < -0.4 is 0 Å². The second kappa shape index (κ2) is 13.1. The van der Waals surface area contributed by atoms with E-state index in [0.29, 0.717) is 5.78 Å². The van der Waals surface area contributed by atoms with Crippen LogP contribution in [0.3, 0.4) is 0 Å². The molecule has 0 aliphatic carbocycles. The fraction of sp³-hybridized carbons (Fsp3) is 0.950. The molecule has 0 saturated heterocycles. The molecule has 0 aromatic rings. The highest BCUT2D eigenvalue weighted by Gasteiger charge is 2.32. The van der Waals surface area contributed by atoms with Gasteiger partial charge >= 0.3 is 0 Å². The highest BCUT2D eigenvalue weighted by Crippen LogP contribution is 2.21. The summed E-state index contributed by atoms with van der Waals surface area (Å²) in [6.07, 6.45) is 16.3. The molecular formula is C20H41NO. The summed E-state index contributed by atoms with van der Waals surface area (Å²) < 4.78 is 0. The maximum atomic E-state index is 12.4. The van der Waals surface area contributed by atoms with Crippen molar-refractivity contribution in [2.75, 3.05) is 14.1 Å². The molecule has 1 unspecified atom stereocenters. The minimum Gasteiger partial charge on any atom is -0.298 e. The normalized spacial score (nSPS) is 14.3. The predicted octanol–water partition coefficient (Wildman–Crippen LogP) is 5.99. The summed E-state index contributed by atoms with van der Waals surface area (Å²) >= 11 is 0. The van der Waals surface area contributed by atoms with Crippen LogP contribution >= 0.6 is 0 Å². The fourth-order valence-electron chi connectivity index (χ4n) is 2.98. The summed E-state index contributed by atoms with van der Waals surface area (Å²) in [6, 6.07) is 0. The van der Waals surface area contributed by atoms with Crippen molar-refractivity contribution in [3.8, 4) is 0 Å². The topological polar surface area (TPSA) is 20.3 Å². The molecule has 0 N–H and O–H groups in total. The Kier molecular flexibility index (Phi) is 12.9. The van der Waals surface area contributed by atoms with Gasteiger partial charge in [0.2, 0.25) is 0 Å². The zero-order valence-electron chi connectivity index (χ0n) is 16.0. The Labute approximate surface area is 140 Å². The second-order valence-electron chi connectivity index (χ2n) is 7.23. The van der Waals surface area contributed by atoms with Gasteiger partial charge < -0.3 is 0 Å². The molecule has 0 fully saturated rings. The van der Waals surface area contributed by atoms with Gasteiger partial charge in [-0.2, -0.15) is 0 Å². The molecule has 0 aromatic heterocycles. The maximum absolute atomic E-state index is 12.4. The number of hydrogen-bond acceptors (Lipinski definition) is 2. The molecule has 22 heavy (non-hydrogen) atoms. The Morgan fingerprint density at radius 2 is 1.18 bits per heavy atom. The van der Waals surface area contributed by atoms with Crippen LogP contribution in [0.25, 0.3) is 0 Å². The van der Waals surface area contributed by atoms with E-state index >= 15 is 0 Å². The van der Waals surface area contributed by atoms with Crippen LogP contribution in [0.2, 0.25) is 0 Å². The van der Waals surface area contributed by atoms with E-state index in [0.717, 1.165) is 19.3 Å². The molecule has 0 aromatic carbocycles. The predicted molar refractivity (Wildman–Crippen MR) is 98.5 cm³/mol. The zero-order valence-corrected chi connectivity index (χ0v) is 16.0. The zero-order chi connectivity index (χ0) is 16.8. The van der Waals surface area contributed by atoms with Crippen LogP contribution in [0, 0.1) is 0 Å². The SMILES string of the molecule is CCCCCCCCCCCCCC(=O)C(C)(CC)N(C)C. The second-order valence-corrected chi connectivity index (χ2v) is 7.23. The lowest BCUT2D eigenvalue weighted by Gasteiger charge is -2.34. The number of carbonyl (C=O) groups is 1. The van der Waals surface area contributed by atoms with Gasteiger partial charge in [-0.25, -0.2) is 0 Å². The Morgan fingerprint density at radius 1 is 0.773 bits per heavy atom. The third-order valence-corrected chi connectivity index (χ3v) is 5.28. The smallest absolute Gasteiger partial charge is 0.152 e. The van der Waals surface area contributed by atoms with Crippen molar-refractivity contribution in [1.82, 2.24) is 4.90 Å². The van der Waals surface area contributed by atoms with Crippen LogP contribution in [0.5, 0.6) is 0 Å². The molecule has 0 aliphatic rings. The molecule has 132 valence electrons. The molecule has 0 spiro atoms. The summed E-state index contributed by atoms with van der Waals surface area (Å²) in [5.74, 6) is 0.413. The lowest BCUT2D eigenvalue weighted by atomic mass is 9.88. The van der Waals surface area contributed by atoms with E-state index in [4.69, 9.17) is 0 Å². The van der Waals surface area contributed by atoms with Crippen LogP contribution in [0.15, 0.2) is 0 Å². The largest absolute Gasteiger partial charge is 0.298 e. The van der Waals surface area contributed by atoms with Gasteiger partial charge in [0, 0.05) is 6.42 Å². The van der Waals surface area contributed by atoms with E-state index in [-0.39, 0.29) is 5.54 Å². The number of likely N-dealkylation sites (N-methyl/N-ethyl adjacent to an activating group) is 1. The first kappa shape index (κ1) is 21.6. The van der Waals surface area contributed by atoms with Crippen molar-refractivity contribution in [3.05, 3.63) is 0 Å². The minimum atomic E-state index is -0.265. The first-order valence-electron chi connectivity index (χ1n) is 9.69. The first-order chi connectivity index (χ1) is 10.5. The third kappa shape index (κ3) is 8.92. The molecule has 1 atom stereocenters. The fourth-order valence-corrected chi connectivity index (χ4v) is 2.98.